The molecule has 1 amide bonds. The highest BCUT2D eigenvalue weighted by Gasteiger charge is 2.58. The number of piperidine rings is 1. The maximum atomic E-state index is 13.6. The molecule has 2 aliphatic heterocycles. The van der Waals surface area contributed by atoms with Crippen LogP contribution in [0.4, 0.5) is 0 Å². The van der Waals surface area contributed by atoms with Crippen LogP contribution in [-0.2, 0) is 13.6 Å². The van der Waals surface area contributed by atoms with Crippen molar-refractivity contribution in [2.45, 2.75) is 31.8 Å². The zero-order chi connectivity index (χ0) is 18.4. The van der Waals surface area contributed by atoms with Crippen molar-refractivity contribution in [1.29, 1.82) is 0 Å². The molecule has 1 N–H and O–H groups in total. The topological polar surface area (TPSA) is 68.6 Å². The Balaban J connectivity index is 1.48. The van der Waals surface area contributed by atoms with Gasteiger partial charge in [0, 0.05) is 25.5 Å². The van der Waals surface area contributed by atoms with E-state index in [2.05, 4.69) is 10.3 Å². The molecule has 7 nitrogen and oxygen atoms in total. The predicted octanol–water partition coefficient (Wildman–Crippen LogP) is 1.93. The van der Waals surface area contributed by atoms with Gasteiger partial charge < -0.3 is 24.3 Å². The lowest BCUT2D eigenvalue weighted by Gasteiger charge is -2.29. The molecular formula is C20H24N4O3. The van der Waals surface area contributed by atoms with Gasteiger partial charge in [0.2, 0.25) is 6.79 Å². The van der Waals surface area contributed by atoms with E-state index in [0.29, 0.717) is 23.6 Å². The van der Waals surface area contributed by atoms with Crippen LogP contribution in [0, 0.1) is 5.41 Å². The Labute approximate surface area is 158 Å². The van der Waals surface area contributed by atoms with Crippen LogP contribution in [0.15, 0.2) is 30.6 Å². The summed E-state index contributed by atoms with van der Waals surface area (Å²) in [5.74, 6) is 2.10. The van der Waals surface area contributed by atoms with E-state index in [0.717, 1.165) is 38.2 Å². The summed E-state index contributed by atoms with van der Waals surface area (Å²) in [6.45, 7) is 2.72. The van der Waals surface area contributed by atoms with Crippen LogP contribution < -0.4 is 14.8 Å². The summed E-state index contributed by atoms with van der Waals surface area (Å²) in [4.78, 5) is 20.0. The molecule has 1 spiro atoms. The number of aryl methyl sites for hydroxylation is 1. The van der Waals surface area contributed by atoms with Crippen molar-refractivity contribution < 1.29 is 14.3 Å². The first-order valence-electron chi connectivity index (χ1n) is 9.54. The molecule has 0 unspecified atom stereocenters. The van der Waals surface area contributed by atoms with Crippen LogP contribution >= 0.6 is 0 Å². The smallest absolute Gasteiger partial charge is 0.258 e. The van der Waals surface area contributed by atoms with Crippen LogP contribution in [0.2, 0.25) is 0 Å². The second kappa shape index (κ2) is 6.27. The van der Waals surface area contributed by atoms with Gasteiger partial charge in [0.25, 0.3) is 5.91 Å². The zero-order valence-corrected chi connectivity index (χ0v) is 15.5. The predicted molar refractivity (Wildman–Crippen MR) is 98.6 cm³/mol. The maximum Gasteiger partial charge on any atom is 0.258 e. The average molecular weight is 368 g/mol. The highest BCUT2D eigenvalue weighted by Crippen LogP contribution is 2.56. The molecule has 142 valence electrons. The summed E-state index contributed by atoms with van der Waals surface area (Å²) >= 11 is 0. The first-order valence-corrected chi connectivity index (χ1v) is 9.54. The number of nitrogens with one attached hydrogen (secondary N) is 1. The monoisotopic (exact) mass is 368 g/mol. The van der Waals surface area contributed by atoms with Crippen molar-refractivity contribution in [1.82, 2.24) is 19.8 Å². The largest absolute Gasteiger partial charge is 0.454 e. The number of rotatable bonds is 4. The number of para-hydroxylation sites is 1. The minimum Gasteiger partial charge on any atom is -0.454 e. The van der Waals surface area contributed by atoms with Crippen molar-refractivity contribution in [3.63, 3.8) is 0 Å². The van der Waals surface area contributed by atoms with Crippen molar-refractivity contribution >= 4 is 5.91 Å². The number of nitrogens with zero attached hydrogens (tertiary/aromatic N) is 3. The number of imidazole rings is 1. The molecule has 1 atom stereocenters. The molecule has 7 heteroatoms. The Morgan fingerprint density at radius 1 is 1.37 bits per heavy atom. The van der Waals surface area contributed by atoms with Gasteiger partial charge in [-0.3, -0.25) is 4.79 Å². The van der Waals surface area contributed by atoms with Gasteiger partial charge in [0.15, 0.2) is 11.5 Å². The second-order valence-electron chi connectivity index (χ2n) is 7.76. The third-order valence-corrected chi connectivity index (χ3v) is 6.24. The van der Waals surface area contributed by atoms with E-state index in [9.17, 15) is 4.79 Å². The summed E-state index contributed by atoms with van der Waals surface area (Å²) in [5.41, 5.74) is 0.830. The fourth-order valence-corrected chi connectivity index (χ4v) is 4.51. The summed E-state index contributed by atoms with van der Waals surface area (Å²) in [5, 5.41) is 3.43. The van der Waals surface area contributed by atoms with E-state index < -0.39 is 0 Å². The van der Waals surface area contributed by atoms with Crippen molar-refractivity contribution in [2.75, 3.05) is 19.9 Å². The molecule has 1 aromatic heterocycles. The Morgan fingerprint density at radius 2 is 2.22 bits per heavy atom. The molecule has 5 rings (SSSR count). The number of benzene rings is 1. The van der Waals surface area contributed by atoms with E-state index >= 15 is 0 Å². The Hall–Kier alpha value is -2.54. The number of carbonyl (C=O) groups is 1. The van der Waals surface area contributed by atoms with E-state index in [1.54, 1.807) is 6.20 Å². The van der Waals surface area contributed by atoms with Crippen LogP contribution in [0.25, 0.3) is 0 Å². The van der Waals surface area contributed by atoms with Gasteiger partial charge in [-0.15, -0.1) is 0 Å². The molecule has 2 aromatic rings. The third kappa shape index (κ3) is 2.77. The van der Waals surface area contributed by atoms with Crippen LogP contribution in [0.1, 0.15) is 35.4 Å². The van der Waals surface area contributed by atoms with Gasteiger partial charge in [-0.1, -0.05) is 6.07 Å². The third-order valence-electron chi connectivity index (χ3n) is 6.24. The highest BCUT2D eigenvalue weighted by molar-refractivity contribution is 5.98. The molecule has 0 radical (unpaired) electrons. The van der Waals surface area contributed by atoms with Crippen molar-refractivity contribution in [2.24, 2.45) is 12.5 Å². The first kappa shape index (κ1) is 16.6. The summed E-state index contributed by atoms with van der Waals surface area (Å²) < 4.78 is 13.0. The van der Waals surface area contributed by atoms with Gasteiger partial charge >= 0.3 is 0 Å². The maximum absolute atomic E-state index is 13.6. The normalized spacial score (nSPS) is 22.0. The number of ether oxygens (including phenoxy) is 2. The number of hydrogen-bond donors (Lipinski definition) is 1. The number of carbonyl (C=O) groups excluding carboxylic acids is 1. The van der Waals surface area contributed by atoms with E-state index in [1.807, 2.05) is 40.9 Å². The van der Waals surface area contributed by atoms with Crippen molar-refractivity contribution in [3.05, 3.63) is 42.0 Å². The number of fused-ring (bicyclic) bond motifs is 1. The Kier molecular flexibility index (Phi) is 3.86. The van der Waals surface area contributed by atoms with Gasteiger partial charge in [0.05, 0.1) is 12.1 Å². The van der Waals surface area contributed by atoms with E-state index in [4.69, 9.17) is 9.47 Å². The molecule has 3 aliphatic rings. The SMILES string of the molecule is Cn1ccnc1CN(C(=O)c1cccc2c1OCO2)[C@H]1CC12CCNCC2. The fraction of sp³-hybridized carbons (Fsp3) is 0.500. The fourth-order valence-electron chi connectivity index (χ4n) is 4.51. The molecule has 2 fully saturated rings. The molecule has 1 saturated heterocycles. The van der Waals surface area contributed by atoms with Crippen LogP contribution in [0.5, 0.6) is 11.5 Å². The molecular weight excluding hydrogens is 344 g/mol. The molecule has 1 saturated carbocycles. The van der Waals surface area contributed by atoms with E-state index in [1.165, 1.54) is 0 Å². The lowest BCUT2D eigenvalue weighted by molar-refractivity contribution is 0.0681. The number of hydrogen-bond acceptors (Lipinski definition) is 5. The lowest BCUT2D eigenvalue weighted by atomic mass is 9.93. The second-order valence-corrected chi connectivity index (χ2v) is 7.76. The van der Waals surface area contributed by atoms with Crippen LogP contribution in [0.3, 0.4) is 0 Å². The number of amides is 1. The molecule has 27 heavy (non-hydrogen) atoms. The highest BCUT2D eigenvalue weighted by atomic mass is 16.7. The minimum atomic E-state index is 0.000702. The van der Waals surface area contributed by atoms with Gasteiger partial charge in [-0.05, 0) is 49.9 Å². The molecule has 1 aromatic carbocycles. The lowest BCUT2D eigenvalue weighted by Crippen LogP contribution is -2.39. The van der Waals surface area contributed by atoms with E-state index in [-0.39, 0.29) is 24.2 Å². The van der Waals surface area contributed by atoms with Gasteiger partial charge in [-0.2, -0.15) is 0 Å². The molecule has 3 heterocycles. The summed E-state index contributed by atoms with van der Waals surface area (Å²) in [6.07, 6.45) is 7.00. The zero-order valence-electron chi connectivity index (χ0n) is 15.5. The van der Waals surface area contributed by atoms with Gasteiger partial charge in [-0.25, -0.2) is 4.98 Å². The van der Waals surface area contributed by atoms with Gasteiger partial charge in [0.1, 0.15) is 5.82 Å². The van der Waals surface area contributed by atoms with Crippen LogP contribution in [-0.4, -0.2) is 46.3 Å². The first-order chi connectivity index (χ1) is 13.2. The Bertz CT molecular complexity index is 872. The Morgan fingerprint density at radius 3 is 3.00 bits per heavy atom. The number of aromatic nitrogens is 2. The summed E-state index contributed by atoms with van der Waals surface area (Å²) in [6, 6.07) is 5.78. The van der Waals surface area contributed by atoms with Crippen molar-refractivity contribution in [3.8, 4) is 11.5 Å². The minimum absolute atomic E-state index is 0.000702. The average Bonchev–Trinajstić information content (AvgIpc) is 3.03. The standard InChI is InChI=1S/C20H24N4O3/c1-23-10-9-22-17(23)12-24(16-11-20(16)5-7-21-8-6-20)19(25)14-3-2-4-15-18(14)27-13-26-15/h2-4,9-10,16,21H,5-8,11-13H2,1H3/t16-/m0/s1. The molecule has 1 aliphatic carbocycles. The molecule has 0 bridgehead atoms. The summed E-state index contributed by atoms with van der Waals surface area (Å²) in [7, 11) is 1.97. The quantitative estimate of drug-likeness (QED) is 0.893.